The van der Waals surface area contributed by atoms with Crippen LogP contribution >= 0.6 is 0 Å². The fraction of sp³-hybridized carbons (Fsp3) is 0.667. The predicted octanol–water partition coefficient (Wildman–Crippen LogP) is 1.85. The highest BCUT2D eigenvalue weighted by atomic mass is 32.2. The highest BCUT2D eigenvalue weighted by Gasteiger charge is 2.41. The maximum absolute atomic E-state index is 11.9. The lowest BCUT2D eigenvalue weighted by Crippen LogP contribution is -2.25. The Balaban J connectivity index is 1.58. The summed E-state index contributed by atoms with van der Waals surface area (Å²) in [6.07, 6.45) is 5.85. The summed E-state index contributed by atoms with van der Waals surface area (Å²) in [6.45, 7) is 2.24. The molecule has 22 heavy (non-hydrogen) atoms. The number of pyridine rings is 1. The van der Waals surface area contributed by atoms with E-state index < -0.39 is 10.0 Å². The Hall–Kier alpha value is -1.34. The van der Waals surface area contributed by atoms with Crippen molar-refractivity contribution in [3.63, 3.8) is 0 Å². The first kappa shape index (κ1) is 15.6. The van der Waals surface area contributed by atoms with Crippen molar-refractivity contribution < 1.29 is 13.2 Å². The summed E-state index contributed by atoms with van der Waals surface area (Å²) < 4.78 is 30.4. The lowest BCUT2D eigenvalue weighted by atomic mass is 10.0. The fourth-order valence-electron chi connectivity index (χ4n) is 2.86. The van der Waals surface area contributed by atoms with Gasteiger partial charge in [-0.1, -0.05) is 0 Å². The topological polar surface area (TPSA) is 71.5 Å². The van der Waals surface area contributed by atoms with Crippen molar-refractivity contribution in [1.82, 2.24) is 4.98 Å². The molecule has 0 spiro atoms. The Morgan fingerprint density at radius 3 is 2.77 bits per heavy atom. The first-order valence-corrected chi connectivity index (χ1v) is 9.35. The predicted molar refractivity (Wildman–Crippen MR) is 86.6 cm³/mol. The molecule has 1 saturated heterocycles. The number of hydrogen-bond donors (Lipinski definition) is 1. The van der Waals surface area contributed by atoms with Gasteiger partial charge in [0.2, 0.25) is 10.0 Å². The Kier molecular flexibility index (Phi) is 4.27. The first-order valence-electron chi connectivity index (χ1n) is 7.74. The van der Waals surface area contributed by atoms with Gasteiger partial charge in [-0.25, -0.2) is 13.4 Å². The molecule has 2 fully saturated rings. The molecule has 122 valence electrons. The van der Waals surface area contributed by atoms with Gasteiger partial charge in [-0.2, -0.15) is 0 Å². The molecule has 1 aliphatic heterocycles. The van der Waals surface area contributed by atoms with Crippen LogP contribution in [0.2, 0.25) is 0 Å². The third kappa shape index (κ3) is 3.35. The van der Waals surface area contributed by atoms with E-state index in [9.17, 15) is 8.42 Å². The molecule has 0 aromatic carbocycles. The van der Waals surface area contributed by atoms with Gasteiger partial charge >= 0.3 is 0 Å². The number of rotatable bonds is 7. The zero-order valence-electron chi connectivity index (χ0n) is 12.9. The average molecular weight is 325 g/mol. The fourth-order valence-corrected chi connectivity index (χ4v) is 4.41. The van der Waals surface area contributed by atoms with E-state index in [-0.39, 0.29) is 5.75 Å². The third-order valence-electron chi connectivity index (χ3n) is 4.57. The molecule has 3 rings (SSSR count). The van der Waals surface area contributed by atoms with Crippen molar-refractivity contribution >= 4 is 21.5 Å². The molecule has 1 N–H and O–H groups in total. The molecule has 0 bridgehead atoms. The van der Waals surface area contributed by atoms with E-state index in [0.29, 0.717) is 24.1 Å². The summed E-state index contributed by atoms with van der Waals surface area (Å²) in [4.78, 5) is 4.35. The van der Waals surface area contributed by atoms with Crippen LogP contribution in [0.4, 0.5) is 11.5 Å². The SMILES string of the molecule is COCCC1(CNc2ccc(N3CCCS3(=O)=O)cn2)CC1. The molecule has 0 unspecified atom stereocenters. The zero-order chi connectivity index (χ0) is 15.6. The molecule has 0 atom stereocenters. The van der Waals surface area contributed by atoms with Crippen LogP contribution in [-0.4, -0.2) is 46.0 Å². The second-order valence-electron chi connectivity index (χ2n) is 6.24. The first-order chi connectivity index (χ1) is 10.5. The zero-order valence-corrected chi connectivity index (χ0v) is 13.7. The van der Waals surface area contributed by atoms with Crippen molar-refractivity contribution in [1.29, 1.82) is 0 Å². The third-order valence-corrected chi connectivity index (χ3v) is 6.44. The molecule has 0 amide bonds. The van der Waals surface area contributed by atoms with E-state index in [4.69, 9.17) is 4.74 Å². The molecule has 2 aliphatic rings. The summed E-state index contributed by atoms with van der Waals surface area (Å²) in [7, 11) is -1.40. The van der Waals surface area contributed by atoms with Crippen LogP contribution in [0, 0.1) is 5.41 Å². The molecule has 2 heterocycles. The molecular weight excluding hydrogens is 302 g/mol. The molecular formula is C15H23N3O3S. The maximum Gasteiger partial charge on any atom is 0.235 e. The quantitative estimate of drug-likeness (QED) is 0.828. The van der Waals surface area contributed by atoms with Crippen molar-refractivity contribution in [3.05, 3.63) is 18.3 Å². The van der Waals surface area contributed by atoms with E-state index in [1.165, 1.54) is 17.1 Å². The normalized spacial score (nSPS) is 21.8. The highest BCUT2D eigenvalue weighted by molar-refractivity contribution is 7.93. The number of nitrogens with one attached hydrogen (secondary N) is 1. The van der Waals surface area contributed by atoms with E-state index in [1.807, 2.05) is 12.1 Å². The molecule has 1 saturated carbocycles. The van der Waals surface area contributed by atoms with Gasteiger partial charge in [-0.05, 0) is 43.2 Å². The number of aromatic nitrogens is 1. The largest absolute Gasteiger partial charge is 0.385 e. The van der Waals surface area contributed by atoms with Crippen LogP contribution < -0.4 is 9.62 Å². The lowest BCUT2D eigenvalue weighted by Gasteiger charge is -2.18. The van der Waals surface area contributed by atoms with Crippen LogP contribution in [0.1, 0.15) is 25.7 Å². The number of ether oxygens (including phenoxy) is 1. The van der Waals surface area contributed by atoms with Crippen LogP contribution in [0.3, 0.4) is 0 Å². The van der Waals surface area contributed by atoms with Gasteiger partial charge in [0.15, 0.2) is 0 Å². The van der Waals surface area contributed by atoms with E-state index >= 15 is 0 Å². The van der Waals surface area contributed by atoms with E-state index in [1.54, 1.807) is 13.3 Å². The minimum atomic E-state index is -3.13. The number of anilines is 2. The Morgan fingerprint density at radius 2 is 2.23 bits per heavy atom. The van der Waals surface area contributed by atoms with Crippen molar-refractivity contribution in [2.45, 2.75) is 25.7 Å². The number of hydrogen-bond acceptors (Lipinski definition) is 5. The number of nitrogens with zero attached hydrogens (tertiary/aromatic N) is 2. The van der Waals surface area contributed by atoms with Crippen LogP contribution in [-0.2, 0) is 14.8 Å². The van der Waals surface area contributed by atoms with Crippen LogP contribution in [0.25, 0.3) is 0 Å². The van der Waals surface area contributed by atoms with Gasteiger partial charge in [-0.3, -0.25) is 4.31 Å². The molecule has 7 heteroatoms. The Bertz CT molecular complexity index is 611. The van der Waals surface area contributed by atoms with Gasteiger partial charge in [-0.15, -0.1) is 0 Å². The van der Waals surface area contributed by atoms with E-state index in [2.05, 4.69) is 10.3 Å². The number of sulfonamides is 1. The summed E-state index contributed by atoms with van der Waals surface area (Å²) in [6, 6.07) is 3.68. The number of methoxy groups -OCH3 is 1. The standard InChI is InChI=1S/C15H23N3O3S/c1-21-9-7-15(5-6-15)12-17-14-4-3-13(11-16-14)18-8-2-10-22(18,19)20/h3-4,11H,2,5-10,12H2,1H3,(H,16,17). The molecule has 0 radical (unpaired) electrons. The maximum atomic E-state index is 11.9. The van der Waals surface area contributed by atoms with E-state index in [0.717, 1.165) is 25.4 Å². The molecule has 1 aliphatic carbocycles. The summed E-state index contributed by atoms with van der Waals surface area (Å²) in [5.74, 6) is 1.03. The smallest absolute Gasteiger partial charge is 0.235 e. The van der Waals surface area contributed by atoms with Gasteiger partial charge in [0.1, 0.15) is 5.82 Å². The van der Waals surface area contributed by atoms with Gasteiger partial charge < -0.3 is 10.1 Å². The molecule has 1 aromatic heterocycles. The van der Waals surface area contributed by atoms with Gasteiger partial charge in [0, 0.05) is 26.8 Å². The highest BCUT2D eigenvalue weighted by Crippen LogP contribution is 2.48. The molecule has 6 nitrogen and oxygen atoms in total. The summed E-state index contributed by atoms with van der Waals surface area (Å²) in [5, 5.41) is 3.36. The minimum Gasteiger partial charge on any atom is -0.385 e. The lowest BCUT2D eigenvalue weighted by molar-refractivity contribution is 0.175. The van der Waals surface area contributed by atoms with Crippen molar-refractivity contribution in [2.24, 2.45) is 5.41 Å². The van der Waals surface area contributed by atoms with Crippen LogP contribution in [0.5, 0.6) is 0 Å². The van der Waals surface area contributed by atoms with Gasteiger partial charge in [0.25, 0.3) is 0 Å². The van der Waals surface area contributed by atoms with Crippen molar-refractivity contribution in [3.8, 4) is 0 Å². The summed E-state index contributed by atoms with van der Waals surface area (Å²) in [5.41, 5.74) is 1.01. The Labute approximate surface area is 131 Å². The second-order valence-corrected chi connectivity index (χ2v) is 8.25. The van der Waals surface area contributed by atoms with Crippen LogP contribution in [0.15, 0.2) is 18.3 Å². The van der Waals surface area contributed by atoms with Crippen molar-refractivity contribution in [2.75, 3.05) is 42.2 Å². The Morgan fingerprint density at radius 1 is 1.41 bits per heavy atom. The monoisotopic (exact) mass is 325 g/mol. The minimum absolute atomic E-state index is 0.231. The summed E-state index contributed by atoms with van der Waals surface area (Å²) >= 11 is 0. The molecule has 1 aromatic rings. The van der Waals surface area contributed by atoms with Gasteiger partial charge in [0.05, 0.1) is 17.6 Å². The second kappa shape index (κ2) is 6.04. The average Bonchev–Trinajstić information content (AvgIpc) is 3.20.